The molecule has 1 N–H and O–H groups in total. The lowest BCUT2D eigenvalue weighted by Gasteiger charge is -2.16. The standard InChI is InChI=1S/C20H16F4N2O2S/c1-13(14-4-2-5-15(10-14)18-8-9-25-12-19(18)21)26-29(27,28)17-7-3-6-16(11-17)20(22,23)24/h2-13,26H,1H3/t13-/m1/s1. The van der Waals surface area contributed by atoms with Crippen LogP contribution in [0, 0.1) is 5.82 Å². The second kappa shape index (κ2) is 7.92. The van der Waals surface area contributed by atoms with Gasteiger partial charge >= 0.3 is 6.18 Å². The van der Waals surface area contributed by atoms with Gasteiger partial charge in [-0.2, -0.15) is 13.2 Å². The maximum Gasteiger partial charge on any atom is 0.416 e. The van der Waals surface area contributed by atoms with Crippen molar-refractivity contribution in [1.29, 1.82) is 0 Å². The highest BCUT2D eigenvalue weighted by Gasteiger charge is 2.32. The topological polar surface area (TPSA) is 59.1 Å². The van der Waals surface area contributed by atoms with Gasteiger partial charge in [0.2, 0.25) is 10.0 Å². The monoisotopic (exact) mass is 424 g/mol. The Balaban J connectivity index is 1.88. The zero-order chi connectivity index (χ0) is 21.2. The summed E-state index contributed by atoms with van der Waals surface area (Å²) in [5.74, 6) is -0.526. The second-order valence-electron chi connectivity index (χ2n) is 6.35. The normalized spacial score (nSPS) is 13.3. The summed E-state index contributed by atoms with van der Waals surface area (Å²) in [6.07, 6.45) is -2.15. The molecule has 1 atom stereocenters. The molecule has 3 rings (SSSR count). The van der Waals surface area contributed by atoms with Gasteiger partial charge in [-0.15, -0.1) is 0 Å². The van der Waals surface area contributed by atoms with Crippen molar-refractivity contribution in [1.82, 2.24) is 9.71 Å². The molecule has 0 aliphatic rings. The summed E-state index contributed by atoms with van der Waals surface area (Å²) in [5.41, 5.74) is 0.291. The molecule has 0 saturated heterocycles. The number of benzene rings is 2. The van der Waals surface area contributed by atoms with Crippen LogP contribution in [0.4, 0.5) is 17.6 Å². The molecule has 1 heterocycles. The minimum Gasteiger partial charge on any atom is -0.262 e. The summed E-state index contributed by atoms with van der Waals surface area (Å²) < 4.78 is 80.1. The zero-order valence-corrected chi connectivity index (χ0v) is 15.9. The van der Waals surface area contributed by atoms with Crippen LogP contribution in [0.1, 0.15) is 24.1 Å². The zero-order valence-electron chi connectivity index (χ0n) is 15.1. The number of pyridine rings is 1. The van der Waals surface area contributed by atoms with E-state index in [4.69, 9.17) is 0 Å². The fourth-order valence-electron chi connectivity index (χ4n) is 2.79. The minimum absolute atomic E-state index is 0.301. The first-order valence-electron chi connectivity index (χ1n) is 8.47. The van der Waals surface area contributed by atoms with Gasteiger partial charge in [-0.25, -0.2) is 17.5 Å². The van der Waals surface area contributed by atoms with E-state index in [9.17, 15) is 26.0 Å². The van der Waals surface area contributed by atoms with Crippen LogP contribution in [0.5, 0.6) is 0 Å². The second-order valence-corrected chi connectivity index (χ2v) is 8.06. The first-order chi connectivity index (χ1) is 13.6. The van der Waals surface area contributed by atoms with Crippen molar-refractivity contribution in [2.75, 3.05) is 0 Å². The SMILES string of the molecule is C[C@@H](NS(=O)(=O)c1cccc(C(F)(F)F)c1)c1cccc(-c2ccncc2F)c1. The number of rotatable bonds is 5. The van der Waals surface area contributed by atoms with E-state index in [2.05, 4.69) is 9.71 Å². The molecule has 4 nitrogen and oxygen atoms in total. The van der Waals surface area contributed by atoms with Gasteiger partial charge in [0.15, 0.2) is 0 Å². The third-order valence-electron chi connectivity index (χ3n) is 4.27. The molecule has 1 aromatic heterocycles. The van der Waals surface area contributed by atoms with E-state index < -0.39 is 38.5 Å². The number of alkyl halides is 3. The summed E-state index contributed by atoms with van der Waals surface area (Å²) in [6, 6.07) is 10.8. The number of aromatic nitrogens is 1. The minimum atomic E-state index is -4.65. The summed E-state index contributed by atoms with van der Waals surface area (Å²) in [7, 11) is -4.21. The molecule has 0 fully saturated rings. The van der Waals surface area contributed by atoms with Gasteiger partial charge in [0.25, 0.3) is 0 Å². The van der Waals surface area contributed by atoms with Crippen molar-refractivity contribution in [3.8, 4) is 11.1 Å². The Morgan fingerprint density at radius 3 is 2.45 bits per heavy atom. The molecule has 2 aromatic carbocycles. The highest BCUT2D eigenvalue weighted by molar-refractivity contribution is 7.89. The lowest BCUT2D eigenvalue weighted by atomic mass is 10.0. The van der Waals surface area contributed by atoms with Crippen molar-refractivity contribution in [2.45, 2.75) is 24.0 Å². The molecule has 29 heavy (non-hydrogen) atoms. The third-order valence-corrected chi connectivity index (χ3v) is 5.81. The Labute approximate surface area is 165 Å². The Bertz CT molecular complexity index is 1130. The van der Waals surface area contributed by atoms with Gasteiger partial charge in [-0.1, -0.05) is 24.3 Å². The Morgan fingerprint density at radius 1 is 1.03 bits per heavy atom. The smallest absolute Gasteiger partial charge is 0.262 e. The van der Waals surface area contributed by atoms with Crippen LogP contribution < -0.4 is 4.72 Å². The van der Waals surface area contributed by atoms with E-state index in [-0.39, 0.29) is 0 Å². The Kier molecular flexibility index (Phi) is 5.72. The van der Waals surface area contributed by atoms with Crippen molar-refractivity contribution in [3.05, 3.63) is 83.9 Å². The van der Waals surface area contributed by atoms with Crippen LogP contribution in [-0.2, 0) is 16.2 Å². The summed E-state index contributed by atoms with van der Waals surface area (Å²) in [5, 5.41) is 0. The van der Waals surface area contributed by atoms with Crippen LogP contribution in [0.25, 0.3) is 11.1 Å². The lowest BCUT2D eigenvalue weighted by Crippen LogP contribution is -2.27. The van der Waals surface area contributed by atoms with E-state index >= 15 is 0 Å². The fraction of sp³-hybridized carbons (Fsp3) is 0.150. The van der Waals surface area contributed by atoms with Crippen molar-refractivity contribution >= 4 is 10.0 Å². The first kappa shape index (κ1) is 20.9. The molecule has 0 saturated carbocycles. The first-order valence-corrected chi connectivity index (χ1v) is 9.96. The van der Waals surface area contributed by atoms with Gasteiger partial charge in [-0.3, -0.25) is 4.98 Å². The van der Waals surface area contributed by atoms with Crippen LogP contribution in [0.3, 0.4) is 0 Å². The summed E-state index contributed by atoms with van der Waals surface area (Å²) >= 11 is 0. The number of hydrogen-bond acceptors (Lipinski definition) is 3. The van der Waals surface area contributed by atoms with E-state index in [0.717, 1.165) is 24.4 Å². The predicted molar refractivity (Wildman–Crippen MR) is 99.8 cm³/mol. The maximum absolute atomic E-state index is 14.0. The molecule has 0 amide bonds. The molecule has 9 heteroatoms. The number of sulfonamides is 1. The van der Waals surface area contributed by atoms with Gasteiger partial charge in [0.05, 0.1) is 16.7 Å². The largest absolute Gasteiger partial charge is 0.416 e. The molecule has 0 radical (unpaired) electrons. The molecule has 3 aromatic rings. The van der Waals surface area contributed by atoms with E-state index in [0.29, 0.717) is 22.8 Å². The average Bonchev–Trinajstić information content (AvgIpc) is 2.67. The van der Waals surface area contributed by atoms with E-state index in [1.807, 2.05) is 0 Å². The molecular formula is C20H16F4N2O2S. The van der Waals surface area contributed by atoms with Crippen LogP contribution in [0.15, 0.2) is 71.9 Å². The van der Waals surface area contributed by atoms with Gasteiger partial charge in [0.1, 0.15) is 5.82 Å². The third kappa shape index (κ3) is 4.80. The maximum atomic E-state index is 14.0. The Hall–Kier alpha value is -2.78. The number of hydrogen-bond donors (Lipinski definition) is 1. The summed E-state index contributed by atoms with van der Waals surface area (Å²) in [4.78, 5) is 3.20. The number of nitrogens with zero attached hydrogens (tertiary/aromatic N) is 1. The van der Waals surface area contributed by atoms with Gasteiger partial charge in [-0.05, 0) is 48.4 Å². The highest BCUT2D eigenvalue weighted by atomic mass is 32.2. The van der Waals surface area contributed by atoms with Crippen LogP contribution >= 0.6 is 0 Å². The van der Waals surface area contributed by atoms with E-state index in [1.165, 1.54) is 12.3 Å². The molecule has 0 aliphatic carbocycles. The van der Waals surface area contributed by atoms with Crippen molar-refractivity contribution < 1.29 is 26.0 Å². The summed E-state index contributed by atoms with van der Waals surface area (Å²) in [6.45, 7) is 1.55. The highest BCUT2D eigenvalue weighted by Crippen LogP contribution is 2.31. The molecule has 0 aliphatic heterocycles. The van der Waals surface area contributed by atoms with Crippen molar-refractivity contribution in [3.63, 3.8) is 0 Å². The fourth-order valence-corrected chi connectivity index (χ4v) is 4.07. The molecule has 0 spiro atoms. The quantitative estimate of drug-likeness (QED) is 0.590. The lowest BCUT2D eigenvalue weighted by molar-refractivity contribution is -0.137. The molecule has 152 valence electrons. The van der Waals surface area contributed by atoms with Gasteiger partial charge in [0, 0.05) is 17.8 Å². The predicted octanol–water partition coefficient (Wildman–Crippen LogP) is 4.95. The molecular weight excluding hydrogens is 408 g/mol. The van der Waals surface area contributed by atoms with Gasteiger partial charge < -0.3 is 0 Å². The van der Waals surface area contributed by atoms with E-state index in [1.54, 1.807) is 31.2 Å². The molecule has 0 bridgehead atoms. The van der Waals surface area contributed by atoms with Crippen LogP contribution in [0.2, 0.25) is 0 Å². The van der Waals surface area contributed by atoms with Crippen LogP contribution in [-0.4, -0.2) is 13.4 Å². The average molecular weight is 424 g/mol. The molecule has 0 unspecified atom stereocenters. The Morgan fingerprint density at radius 2 is 1.76 bits per heavy atom. The van der Waals surface area contributed by atoms with Crippen molar-refractivity contribution in [2.24, 2.45) is 0 Å². The number of halogens is 4. The number of nitrogens with one attached hydrogen (secondary N) is 1.